The molecule has 0 fully saturated rings. The maximum atomic E-state index is 11.4. The number of aryl methyl sites for hydroxylation is 1. The van der Waals surface area contributed by atoms with Crippen LogP contribution in [0.2, 0.25) is 0 Å². The smallest absolute Gasteiger partial charge is 0.226 e. The highest BCUT2D eigenvalue weighted by atomic mass is 16.2. The molecule has 0 bridgehead atoms. The van der Waals surface area contributed by atoms with Gasteiger partial charge in [-0.1, -0.05) is 18.6 Å². The number of rotatable bonds is 4. The van der Waals surface area contributed by atoms with Gasteiger partial charge in [0, 0.05) is 23.5 Å². The average molecular weight is 244 g/mol. The first-order valence-corrected chi connectivity index (χ1v) is 5.92. The highest BCUT2D eigenvalue weighted by molar-refractivity contribution is 5.88. The highest BCUT2D eigenvalue weighted by Gasteiger charge is 2.14. The fraction of sp³-hybridized carbons (Fsp3) is 0.286. The number of aromatic amines is 1. The summed E-state index contributed by atoms with van der Waals surface area (Å²) in [5, 5.41) is 3.31. The van der Waals surface area contributed by atoms with Crippen LogP contribution in [0, 0.1) is 6.92 Å². The predicted molar refractivity (Wildman–Crippen MR) is 70.3 cm³/mol. The van der Waals surface area contributed by atoms with Gasteiger partial charge in [-0.05, 0) is 30.5 Å². The molecular weight excluding hydrogens is 228 g/mol. The SMILES string of the molecule is Cc1ccc2[nH]cc(C(C)CC(=O)NC=O)c2c1. The van der Waals surface area contributed by atoms with Gasteiger partial charge in [0.15, 0.2) is 0 Å². The molecule has 18 heavy (non-hydrogen) atoms. The van der Waals surface area contributed by atoms with E-state index in [0.717, 1.165) is 16.5 Å². The van der Waals surface area contributed by atoms with Crippen LogP contribution in [0.4, 0.5) is 0 Å². The van der Waals surface area contributed by atoms with Gasteiger partial charge in [0.2, 0.25) is 12.3 Å². The molecule has 0 aliphatic heterocycles. The lowest BCUT2D eigenvalue weighted by Gasteiger charge is -2.09. The van der Waals surface area contributed by atoms with Gasteiger partial charge in [0.25, 0.3) is 0 Å². The number of imide groups is 1. The third kappa shape index (κ3) is 2.42. The maximum absolute atomic E-state index is 11.4. The fourth-order valence-electron chi connectivity index (χ4n) is 2.18. The summed E-state index contributed by atoms with van der Waals surface area (Å²) in [5.74, 6) is -0.181. The Morgan fingerprint density at radius 1 is 1.50 bits per heavy atom. The van der Waals surface area contributed by atoms with E-state index < -0.39 is 0 Å². The summed E-state index contributed by atoms with van der Waals surface area (Å²) >= 11 is 0. The van der Waals surface area contributed by atoms with Crippen LogP contribution in [-0.4, -0.2) is 17.3 Å². The molecule has 1 aromatic carbocycles. The molecule has 0 saturated carbocycles. The monoisotopic (exact) mass is 244 g/mol. The molecule has 94 valence electrons. The average Bonchev–Trinajstić information content (AvgIpc) is 2.71. The molecule has 2 amide bonds. The summed E-state index contributed by atoms with van der Waals surface area (Å²) in [6.07, 6.45) is 2.66. The third-order valence-electron chi connectivity index (χ3n) is 3.11. The van der Waals surface area contributed by atoms with Crippen LogP contribution in [-0.2, 0) is 9.59 Å². The van der Waals surface area contributed by atoms with Crippen LogP contribution in [0.15, 0.2) is 24.4 Å². The third-order valence-corrected chi connectivity index (χ3v) is 3.11. The summed E-state index contributed by atoms with van der Waals surface area (Å²) in [4.78, 5) is 24.8. The number of nitrogens with one attached hydrogen (secondary N) is 2. The Hall–Kier alpha value is -2.10. The van der Waals surface area contributed by atoms with E-state index in [1.165, 1.54) is 5.56 Å². The van der Waals surface area contributed by atoms with Crippen molar-refractivity contribution in [1.82, 2.24) is 10.3 Å². The Morgan fingerprint density at radius 2 is 2.28 bits per heavy atom. The molecule has 2 rings (SSSR count). The Labute approximate surface area is 105 Å². The van der Waals surface area contributed by atoms with Crippen LogP contribution in [0.1, 0.15) is 30.4 Å². The van der Waals surface area contributed by atoms with E-state index in [1.807, 2.05) is 32.2 Å². The van der Waals surface area contributed by atoms with Crippen molar-refractivity contribution >= 4 is 23.2 Å². The minimum absolute atomic E-state index is 0.0699. The van der Waals surface area contributed by atoms with Crippen molar-refractivity contribution in [3.63, 3.8) is 0 Å². The zero-order chi connectivity index (χ0) is 13.1. The number of aromatic nitrogens is 1. The van der Waals surface area contributed by atoms with Gasteiger partial charge in [-0.3, -0.25) is 14.9 Å². The number of fused-ring (bicyclic) bond motifs is 1. The minimum Gasteiger partial charge on any atom is -0.361 e. The first kappa shape index (κ1) is 12.4. The molecule has 2 aromatic rings. The van der Waals surface area contributed by atoms with Crippen LogP contribution in [0.25, 0.3) is 10.9 Å². The molecule has 0 spiro atoms. The zero-order valence-corrected chi connectivity index (χ0v) is 10.5. The van der Waals surface area contributed by atoms with Gasteiger partial charge >= 0.3 is 0 Å². The number of hydrogen-bond donors (Lipinski definition) is 2. The fourth-order valence-corrected chi connectivity index (χ4v) is 2.18. The molecule has 4 nitrogen and oxygen atoms in total. The summed E-state index contributed by atoms with van der Waals surface area (Å²) < 4.78 is 0. The Balaban J connectivity index is 2.27. The molecule has 0 saturated heterocycles. The van der Waals surface area contributed by atoms with Crippen LogP contribution < -0.4 is 5.32 Å². The lowest BCUT2D eigenvalue weighted by molar-refractivity contribution is -0.125. The van der Waals surface area contributed by atoms with E-state index >= 15 is 0 Å². The van der Waals surface area contributed by atoms with E-state index in [1.54, 1.807) is 0 Å². The molecule has 0 radical (unpaired) electrons. The topological polar surface area (TPSA) is 62.0 Å². The van der Waals surface area contributed by atoms with Gasteiger partial charge in [-0.2, -0.15) is 0 Å². The number of carbonyl (C=O) groups is 2. The van der Waals surface area contributed by atoms with Crippen molar-refractivity contribution in [3.05, 3.63) is 35.5 Å². The van der Waals surface area contributed by atoms with Gasteiger partial charge in [-0.25, -0.2) is 0 Å². The number of benzene rings is 1. The highest BCUT2D eigenvalue weighted by Crippen LogP contribution is 2.28. The summed E-state index contributed by atoms with van der Waals surface area (Å²) in [7, 11) is 0. The second kappa shape index (κ2) is 5.04. The Morgan fingerprint density at radius 3 is 3.00 bits per heavy atom. The molecule has 1 aromatic heterocycles. The lowest BCUT2D eigenvalue weighted by atomic mass is 9.96. The maximum Gasteiger partial charge on any atom is 0.226 e. The predicted octanol–water partition coefficient (Wildman–Crippen LogP) is 2.24. The van der Waals surface area contributed by atoms with Gasteiger partial charge < -0.3 is 4.98 Å². The molecule has 4 heteroatoms. The molecular formula is C14H16N2O2. The van der Waals surface area contributed by atoms with E-state index in [0.29, 0.717) is 12.8 Å². The molecule has 0 aliphatic rings. The zero-order valence-electron chi connectivity index (χ0n) is 10.5. The van der Waals surface area contributed by atoms with Crippen molar-refractivity contribution in [2.24, 2.45) is 0 Å². The van der Waals surface area contributed by atoms with Crippen molar-refractivity contribution in [3.8, 4) is 0 Å². The molecule has 0 aliphatic carbocycles. The van der Waals surface area contributed by atoms with E-state index in [2.05, 4.69) is 16.4 Å². The van der Waals surface area contributed by atoms with Crippen molar-refractivity contribution in [2.45, 2.75) is 26.2 Å². The minimum atomic E-state index is -0.250. The van der Waals surface area contributed by atoms with Gasteiger partial charge in [-0.15, -0.1) is 0 Å². The number of amides is 2. The van der Waals surface area contributed by atoms with Gasteiger partial charge in [0.05, 0.1) is 0 Å². The van der Waals surface area contributed by atoms with E-state index in [9.17, 15) is 9.59 Å². The molecule has 1 heterocycles. The first-order valence-electron chi connectivity index (χ1n) is 5.92. The second-order valence-electron chi connectivity index (χ2n) is 4.58. The van der Waals surface area contributed by atoms with Crippen LogP contribution in [0.5, 0.6) is 0 Å². The number of carbonyl (C=O) groups excluding carboxylic acids is 2. The largest absolute Gasteiger partial charge is 0.361 e. The first-order chi connectivity index (χ1) is 8.61. The number of H-pyrrole nitrogens is 1. The van der Waals surface area contributed by atoms with E-state index in [-0.39, 0.29) is 11.8 Å². The Bertz CT molecular complexity index is 586. The van der Waals surface area contributed by atoms with E-state index in [4.69, 9.17) is 0 Å². The van der Waals surface area contributed by atoms with Crippen LogP contribution >= 0.6 is 0 Å². The lowest BCUT2D eigenvalue weighted by Crippen LogP contribution is -2.22. The van der Waals surface area contributed by atoms with Crippen LogP contribution in [0.3, 0.4) is 0 Å². The van der Waals surface area contributed by atoms with Crippen molar-refractivity contribution in [1.29, 1.82) is 0 Å². The Kier molecular flexibility index (Phi) is 3.46. The molecule has 1 atom stereocenters. The second-order valence-corrected chi connectivity index (χ2v) is 4.58. The normalized spacial score (nSPS) is 12.3. The van der Waals surface area contributed by atoms with Gasteiger partial charge in [0.1, 0.15) is 0 Å². The quantitative estimate of drug-likeness (QED) is 0.810. The van der Waals surface area contributed by atoms with Crippen molar-refractivity contribution in [2.75, 3.05) is 0 Å². The number of hydrogen-bond acceptors (Lipinski definition) is 2. The van der Waals surface area contributed by atoms with Crippen molar-refractivity contribution < 1.29 is 9.59 Å². The standard InChI is InChI=1S/C14H16N2O2/c1-9-3-4-13-11(5-9)12(7-15-13)10(2)6-14(18)16-8-17/h3-5,7-8,10,15H,6H2,1-2H3,(H,16,17,18). The molecule has 2 N–H and O–H groups in total. The molecule has 1 unspecified atom stereocenters. The summed E-state index contributed by atoms with van der Waals surface area (Å²) in [6.45, 7) is 4.02. The summed E-state index contributed by atoms with van der Waals surface area (Å²) in [5.41, 5.74) is 3.36. The summed E-state index contributed by atoms with van der Waals surface area (Å²) in [6, 6.07) is 6.19.